The Morgan fingerprint density at radius 3 is 2.48 bits per heavy atom. The van der Waals surface area contributed by atoms with Gasteiger partial charge in [0.15, 0.2) is 0 Å². The number of amides is 2. The molecule has 158 valence electrons. The van der Waals surface area contributed by atoms with Crippen molar-refractivity contribution >= 4 is 29.0 Å². The van der Waals surface area contributed by atoms with E-state index in [-0.39, 0.29) is 30.6 Å². The Bertz CT molecular complexity index is 1090. The van der Waals surface area contributed by atoms with E-state index < -0.39 is 0 Å². The number of rotatable bonds is 4. The van der Waals surface area contributed by atoms with Crippen LogP contribution in [-0.2, 0) is 6.54 Å². The van der Waals surface area contributed by atoms with Crippen LogP contribution in [0.3, 0.4) is 0 Å². The molecule has 3 aromatic carbocycles. The third-order valence-electron chi connectivity index (χ3n) is 6.41. The number of carbonyl (C=O) groups is 1. The van der Waals surface area contributed by atoms with E-state index in [1.807, 2.05) is 77.7 Å². The molecule has 3 aromatic rings. The molecule has 2 aliphatic rings. The van der Waals surface area contributed by atoms with E-state index >= 15 is 0 Å². The van der Waals surface area contributed by atoms with Crippen molar-refractivity contribution in [2.45, 2.75) is 24.5 Å². The normalized spacial score (nSPS) is 22.3. The van der Waals surface area contributed by atoms with Crippen LogP contribution in [0.1, 0.15) is 17.0 Å². The average molecular weight is 434 g/mol. The minimum Gasteiger partial charge on any atom is -0.395 e. The Morgan fingerprint density at radius 1 is 1.00 bits per heavy atom. The third kappa shape index (κ3) is 3.59. The van der Waals surface area contributed by atoms with Crippen LogP contribution in [0, 0.1) is 0 Å². The lowest BCUT2D eigenvalue weighted by Crippen LogP contribution is -2.69. The fourth-order valence-corrected chi connectivity index (χ4v) is 5.12. The molecule has 5 nitrogen and oxygen atoms in total. The van der Waals surface area contributed by atoms with Gasteiger partial charge in [-0.2, -0.15) is 0 Å². The van der Waals surface area contributed by atoms with Gasteiger partial charge in [-0.1, -0.05) is 66.2 Å². The van der Waals surface area contributed by atoms with Crippen molar-refractivity contribution in [2.75, 3.05) is 23.4 Å². The number of hydrogen-bond donors (Lipinski definition) is 2. The predicted octanol–water partition coefficient (Wildman–Crippen LogP) is 4.72. The molecule has 1 saturated heterocycles. The van der Waals surface area contributed by atoms with Crippen LogP contribution in [0.2, 0.25) is 5.02 Å². The number of nitrogens with zero attached hydrogens (tertiary/aromatic N) is 2. The first-order valence-electron chi connectivity index (χ1n) is 10.5. The molecule has 1 fully saturated rings. The Morgan fingerprint density at radius 2 is 1.71 bits per heavy atom. The minimum absolute atomic E-state index is 0.00163. The molecule has 5 rings (SSSR count). The number of halogens is 1. The van der Waals surface area contributed by atoms with Crippen LogP contribution in [0.15, 0.2) is 78.9 Å². The van der Waals surface area contributed by atoms with Gasteiger partial charge in [0.25, 0.3) is 0 Å². The van der Waals surface area contributed by atoms with E-state index in [0.717, 1.165) is 27.5 Å². The van der Waals surface area contributed by atoms with Crippen molar-refractivity contribution in [3.05, 3.63) is 95.0 Å². The molecule has 2 N–H and O–H groups in total. The second kappa shape index (κ2) is 8.35. The summed E-state index contributed by atoms with van der Waals surface area (Å²) in [6.45, 7) is 1.26. The molecule has 0 saturated carbocycles. The lowest BCUT2D eigenvalue weighted by atomic mass is 9.72. The number of para-hydroxylation sites is 2. The van der Waals surface area contributed by atoms with Gasteiger partial charge in [-0.3, -0.25) is 9.80 Å². The summed E-state index contributed by atoms with van der Waals surface area (Å²) in [4.78, 5) is 17.3. The third-order valence-corrected chi connectivity index (χ3v) is 6.77. The number of fused-ring (bicyclic) bond motifs is 3. The van der Waals surface area contributed by atoms with Gasteiger partial charge in [-0.25, -0.2) is 4.79 Å². The molecule has 3 atom stereocenters. The lowest BCUT2D eigenvalue weighted by Gasteiger charge is -2.59. The summed E-state index contributed by atoms with van der Waals surface area (Å²) >= 11 is 6.40. The number of aliphatic hydroxyl groups excluding tert-OH is 1. The van der Waals surface area contributed by atoms with Crippen molar-refractivity contribution in [1.29, 1.82) is 0 Å². The predicted molar refractivity (Wildman–Crippen MR) is 124 cm³/mol. The number of likely N-dealkylation sites (tertiary alicyclic amines) is 1. The summed E-state index contributed by atoms with van der Waals surface area (Å²) in [7, 11) is 0. The number of hydrogen-bond acceptors (Lipinski definition) is 3. The highest BCUT2D eigenvalue weighted by molar-refractivity contribution is 6.31. The molecule has 2 heterocycles. The molecule has 0 aromatic heterocycles. The first kappa shape index (κ1) is 20.1. The highest BCUT2D eigenvalue weighted by atomic mass is 35.5. The van der Waals surface area contributed by atoms with Crippen LogP contribution in [0.5, 0.6) is 0 Å². The maximum absolute atomic E-state index is 13.2. The van der Waals surface area contributed by atoms with Crippen LogP contribution in [-0.4, -0.2) is 41.3 Å². The smallest absolute Gasteiger partial charge is 0.326 e. The monoisotopic (exact) mass is 433 g/mol. The van der Waals surface area contributed by atoms with E-state index in [0.29, 0.717) is 13.1 Å². The summed E-state index contributed by atoms with van der Waals surface area (Å²) in [6.07, 6.45) is 0. The van der Waals surface area contributed by atoms with E-state index in [4.69, 9.17) is 11.6 Å². The fourth-order valence-electron chi connectivity index (χ4n) is 4.93. The van der Waals surface area contributed by atoms with E-state index in [9.17, 15) is 9.90 Å². The van der Waals surface area contributed by atoms with Gasteiger partial charge in [0.1, 0.15) is 0 Å². The molecule has 0 bridgehead atoms. The topological polar surface area (TPSA) is 55.8 Å². The first-order valence-corrected chi connectivity index (χ1v) is 10.9. The van der Waals surface area contributed by atoms with Crippen molar-refractivity contribution in [3.8, 4) is 0 Å². The molecule has 6 heteroatoms. The number of urea groups is 1. The fraction of sp³-hybridized carbons (Fsp3) is 0.240. The van der Waals surface area contributed by atoms with Crippen LogP contribution in [0.4, 0.5) is 16.2 Å². The van der Waals surface area contributed by atoms with Gasteiger partial charge >= 0.3 is 6.03 Å². The first-order chi connectivity index (χ1) is 15.2. The zero-order chi connectivity index (χ0) is 21.4. The zero-order valence-corrected chi connectivity index (χ0v) is 17.7. The SMILES string of the molecule is O=C(Nc1ccccc1)N1C[C@H]2[C@@H](c3ccccc31)[C@@H](CO)N2Cc1ccccc1Cl. The van der Waals surface area contributed by atoms with E-state index in [1.54, 1.807) is 0 Å². The summed E-state index contributed by atoms with van der Waals surface area (Å²) in [5, 5.41) is 13.9. The molecule has 0 spiro atoms. The Kier molecular flexibility index (Phi) is 5.40. The molecule has 0 radical (unpaired) electrons. The Hall–Kier alpha value is -2.86. The van der Waals surface area contributed by atoms with Crippen LogP contribution < -0.4 is 10.2 Å². The zero-order valence-electron chi connectivity index (χ0n) is 17.0. The van der Waals surface area contributed by atoms with Gasteiger partial charge in [0.2, 0.25) is 0 Å². The maximum atomic E-state index is 13.2. The summed E-state index contributed by atoms with van der Waals surface area (Å²) in [5.74, 6) is 0.185. The number of anilines is 2. The van der Waals surface area contributed by atoms with Crippen molar-refractivity contribution in [1.82, 2.24) is 4.90 Å². The van der Waals surface area contributed by atoms with E-state index in [2.05, 4.69) is 16.3 Å². The molecule has 2 aliphatic heterocycles. The minimum atomic E-state index is -0.151. The number of aliphatic hydroxyl groups is 1. The van der Waals surface area contributed by atoms with Gasteiger partial charge in [0, 0.05) is 47.5 Å². The second-order valence-electron chi connectivity index (χ2n) is 8.07. The molecular weight excluding hydrogens is 410 g/mol. The quantitative estimate of drug-likeness (QED) is 0.625. The standard InChI is InChI=1S/C25H24ClN3O2/c26-20-12-6-4-8-17(20)14-28-22-15-29(25(31)27-18-9-2-1-3-10-18)21-13-7-5-11-19(21)24(22)23(28)16-30/h1-13,22-24,30H,14-16H2,(H,27,31)/t22-,23+,24+/m0/s1. The summed E-state index contributed by atoms with van der Waals surface area (Å²) < 4.78 is 0. The van der Waals surface area contributed by atoms with Gasteiger partial charge in [-0.15, -0.1) is 0 Å². The lowest BCUT2D eigenvalue weighted by molar-refractivity contribution is -0.0484. The largest absolute Gasteiger partial charge is 0.395 e. The van der Waals surface area contributed by atoms with Crippen LogP contribution >= 0.6 is 11.6 Å². The van der Waals surface area contributed by atoms with Crippen molar-refractivity contribution in [2.24, 2.45) is 0 Å². The van der Waals surface area contributed by atoms with Crippen molar-refractivity contribution < 1.29 is 9.90 Å². The molecular formula is C25H24ClN3O2. The Balaban J connectivity index is 1.45. The molecule has 2 amide bonds. The van der Waals surface area contributed by atoms with Gasteiger partial charge in [0.05, 0.1) is 6.61 Å². The average Bonchev–Trinajstić information content (AvgIpc) is 2.79. The highest BCUT2D eigenvalue weighted by Crippen LogP contribution is 2.49. The van der Waals surface area contributed by atoms with Crippen LogP contribution in [0.25, 0.3) is 0 Å². The molecule has 31 heavy (non-hydrogen) atoms. The second-order valence-corrected chi connectivity index (χ2v) is 8.48. The van der Waals surface area contributed by atoms with Crippen molar-refractivity contribution in [3.63, 3.8) is 0 Å². The van der Waals surface area contributed by atoms with Gasteiger partial charge in [-0.05, 0) is 35.4 Å². The molecule has 0 aliphatic carbocycles. The molecule has 0 unspecified atom stereocenters. The Labute approximate surface area is 186 Å². The maximum Gasteiger partial charge on any atom is 0.326 e. The van der Waals surface area contributed by atoms with Gasteiger partial charge < -0.3 is 10.4 Å². The van der Waals surface area contributed by atoms with E-state index in [1.165, 1.54) is 0 Å². The number of benzene rings is 3. The highest BCUT2D eigenvalue weighted by Gasteiger charge is 2.53. The summed E-state index contributed by atoms with van der Waals surface area (Å²) in [5.41, 5.74) is 3.81. The summed E-state index contributed by atoms with van der Waals surface area (Å²) in [6, 6.07) is 25.3. The number of carbonyl (C=O) groups excluding carboxylic acids is 1. The number of nitrogens with one attached hydrogen (secondary N) is 1.